The van der Waals surface area contributed by atoms with Crippen molar-refractivity contribution in [3.8, 4) is 0 Å². The van der Waals surface area contributed by atoms with Crippen molar-refractivity contribution in [2.24, 2.45) is 0 Å². The summed E-state index contributed by atoms with van der Waals surface area (Å²) in [6.07, 6.45) is 19.1. The molecule has 4 aromatic carbocycles. The summed E-state index contributed by atoms with van der Waals surface area (Å²) in [6, 6.07) is 44.3. The number of hydrogen-bond donors (Lipinski definition) is 1. The lowest BCUT2D eigenvalue weighted by molar-refractivity contribution is -1.92. The Balaban J connectivity index is 0.000000323. The van der Waals surface area contributed by atoms with Crippen LogP contribution in [0.25, 0.3) is 0 Å². The molecule has 0 saturated heterocycles. The minimum atomic E-state index is -4.69. The summed E-state index contributed by atoms with van der Waals surface area (Å²) in [5, 5.41) is 5.97. The second-order valence-corrected chi connectivity index (χ2v) is 15.3. The zero-order chi connectivity index (χ0) is 30.6. The highest BCUT2D eigenvalue weighted by Gasteiger charge is 2.16. The van der Waals surface area contributed by atoms with Crippen molar-refractivity contribution < 1.29 is 28.9 Å². The Morgan fingerprint density at radius 3 is 0.860 bits per heavy atom. The zero-order valence-corrected chi connectivity index (χ0v) is 27.0. The molecule has 5 rings (SSSR count). The van der Waals surface area contributed by atoms with E-state index in [-0.39, 0.29) is 15.8 Å². The molecule has 7 heteroatoms. The fraction of sp³-hybridized carbons (Fsp3) is 0.222. The van der Waals surface area contributed by atoms with Gasteiger partial charge in [-0.25, -0.2) is 0 Å². The molecule has 0 saturated carbocycles. The standard InChI is InChI=1S/C28H28P2.C8H12.ClHO4/c1-5-15-25(16-6-1)29(26-17-7-2-8-18-26)23-13-14-24-30(27-19-9-3-10-20-27)28-21-11-4-12-22-28;1-2-4-6-8-7-5-3-1;2-1(3,4)5/h1-12,15-22H,13-14,23-24H2;1-2,7-8H,3-6H2;(H,2,3,4,5)/b;2-1-,8-7?;. The summed E-state index contributed by atoms with van der Waals surface area (Å²) < 4.78 is 32.7. The van der Waals surface area contributed by atoms with Crippen LogP contribution in [0.3, 0.4) is 0 Å². The molecule has 1 aliphatic rings. The van der Waals surface area contributed by atoms with Gasteiger partial charge in [0.25, 0.3) is 0 Å². The first kappa shape index (κ1) is 34.8. The third kappa shape index (κ3) is 15.1. The van der Waals surface area contributed by atoms with Crippen molar-refractivity contribution in [3.05, 3.63) is 146 Å². The van der Waals surface area contributed by atoms with Crippen molar-refractivity contribution in [1.29, 1.82) is 0 Å². The molecule has 0 atom stereocenters. The molecule has 0 amide bonds. The molecule has 0 aliphatic heterocycles. The summed E-state index contributed by atoms with van der Waals surface area (Å²) in [7, 11) is -5.26. The number of unbranched alkanes of at least 4 members (excludes halogenated alkanes) is 1. The van der Waals surface area contributed by atoms with Gasteiger partial charge in [-0.3, -0.25) is 0 Å². The van der Waals surface area contributed by atoms with E-state index in [1.165, 1.54) is 72.1 Å². The van der Waals surface area contributed by atoms with E-state index in [9.17, 15) is 0 Å². The lowest BCUT2D eigenvalue weighted by Crippen LogP contribution is -2.58. The van der Waals surface area contributed by atoms with E-state index in [0.717, 1.165) is 0 Å². The smallest absolute Gasteiger partial charge is 0.0777 e. The number of allylic oxidation sites excluding steroid dienone is 4. The average molecular weight is 635 g/mol. The number of rotatable bonds is 9. The Kier molecular flexibility index (Phi) is 16.5. The van der Waals surface area contributed by atoms with Crippen LogP contribution in [0, 0.1) is 10.2 Å². The van der Waals surface area contributed by atoms with Crippen LogP contribution in [0.2, 0.25) is 0 Å². The molecule has 4 aromatic rings. The topological polar surface area (TPSA) is 89.4 Å². The van der Waals surface area contributed by atoms with Gasteiger partial charge in [-0.1, -0.05) is 146 Å². The summed E-state index contributed by atoms with van der Waals surface area (Å²) in [6.45, 7) is 0. The van der Waals surface area contributed by atoms with Gasteiger partial charge in [0.15, 0.2) is 0 Å². The maximum atomic E-state index is 8.60. The maximum absolute atomic E-state index is 8.60. The normalized spacial score (nSPS) is 13.6. The van der Waals surface area contributed by atoms with Crippen LogP contribution in [0.5, 0.6) is 0 Å². The molecular formula is C36H41ClO4P2. The first-order chi connectivity index (χ1) is 20.9. The lowest BCUT2D eigenvalue weighted by atomic mass is 10.1. The molecule has 0 spiro atoms. The maximum Gasteiger partial charge on any atom is 0.0777 e. The van der Waals surface area contributed by atoms with Crippen molar-refractivity contribution in [1.82, 2.24) is 0 Å². The second kappa shape index (κ2) is 20.3. The van der Waals surface area contributed by atoms with Crippen molar-refractivity contribution in [2.75, 3.05) is 12.3 Å². The SMILES string of the molecule is C1=CCC/C=C\CC1.[O-][Cl+3]([O-])([O-])O.c1ccc(P(CCCCP(c2ccccc2)c2ccccc2)c2ccccc2)cc1. The van der Waals surface area contributed by atoms with Gasteiger partial charge in [0.2, 0.25) is 0 Å². The molecule has 0 unspecified atom stereocenters. The monoisotopic (exact) mass is 634 g/mol. The summed E-state index contributed by atoms with van der Waals surface area (Å²) >= 11 is 0. The molecule has 4 nitrogen and oxygen atoms in total. The highest BCUT2D eigenvalue weighted by atomic mass is 35.7. The van der Waals surface area contributed by atoms with Crippen LogP contribution in [0.15, 0.2) is 146 Å². The fourth-order valence-electron chi connectivity index (χ4n) is 4.64. The van der Waals surface area contributed by atoms with Gasteiger partial charge in [-0.15, -0.1) is 0 Å². The first-order valence-electron chi connectivity index (χ1n) is 14.6. The van der Waals surface area contributed by atoms with Crippen molar-refractivity contribution >= 4 is 37.1 Å². The number of halogens is 1. The molecule has 1 aliphatic carbocycles. The molecule has 0 aromatic heterocycles. The van der Waals surface area contributed by atoms with Gasteiger partial charge in [-0.05, 0) is 87.9 Å². The summed E-state index contributed by atoms with van der Waals surface area (Å²) in [4.78, 5) is 0. The first-order valence-corrected chi connectivity index (χ1v) is 18.9. The van der Waals surface area contributed by atoms with Crippen LogP contribution in [-0.4, -0.2) is 17.0 Å². The minimum Gasteiger partial charge on any atom is -0.183 e. The molecular weight excluding hydrogens is 594 g/mol. The molecule has 226 valence electrons. The highest BCUT2D eigenvalue weighted by molar-refractivity contribution is 7.73. The van der Waals surface area contributed by atoms with Gasteiger partial charge in [0, 0.05) is 0 Å². The Morgan fingerprint density at radius 1 is 0.442 bits per heavy atom. The van der Waals surface area contributed by atoms with Crippen LogP contribution in [0.4, 0.5) is 0 Å². The minimum absolute atomic E-state index is 0.283. The van der Waals surface area contributed by atoms with Crippen LogP contribution >= 0.6 is 15.8 Å². The Bertz CT molecular complexity index is 1120. The number of hydrogen-bond acceptors (Lipinski definition) is 4. The highest BCUT2D eigenvalue weighted by Crippen LogP contribution is 2.38. The van der Waals surface area contributed by atoms with E-state index in [0.29, 0.717) is 0 Å². The quantitative estimate of drug-likeness (QED) is 0.166. The Morgan fingerprint density at radius 2 is 0.651 bits per heavy atom. The van der Waals surface area contributed by atoms with E-state index in [1.54, 1.807) is 0 Å². The van der Waals surface area contributed by atoms with E-state index in [4.69, 9.17) is 18.6 Å². The Labute approximate surface area is 261 Å². The van der Waals surface area contributed by atoms with Crippen molar-refractivity contribution in [2.45, 2.75) is 38.5 Å². The number of benzene rings is 4. The van der Waals surface area contributed by atoms with Gasteiger partial charge < -0.3 is 0 Å². The van der Waals surface area contributed by atoms with Gasteiger partial charge in [0.05, 0.1) is 14.9 Å². The molecule has 0 radical (unpaired) electrons. The fourth-order valence-corrected chi connectivity index (χ4v) is 9.48. The van der Waals surface area contributed by atoms with Gasteiger partial charge in [0.1, 0.15) is 0 Å². The second-order valence-electron chi connectivity index (χ2n) is 9.85. The third-order valence-corrected chi connectivity index (χ3v) is 11.8. The molecule has 0 heterocycles. The van der Waals surface area contributed by atoms with E-state index < -0.39 is 10.2 Å². The lowest BCUT2D eigenvalue weighted by Gasteiger charge is -2.21. The van der Waals surface area contributed by atoms with Crippen LogP contribution in [0.1, 0.15) is 38.5 Å². The molecule has 0 fully saturated rings. The molecule has 0 bridgehead atoms. The van der Waals surface area contributed by atoms with E-state index in [2.05, 4.69) is 146 Å². The predicted octanol–water partition coefficient (Wildman–Crippen LogP) is 4.58. The molecule has 43 heavy (non-hydrogen) atoms. The summed E-state index contributed by atoms with van der Waals surface area (Å²) in [5.74, 6) is 0. The van der Waals surface area contributed by atoms with E-state index in [1.807, 2.05) is 0 Å². The third-order valence-electron chi connectivity index (χ3n) is 6.62. The zero-order valence-electron chi connectivity index (χ0n) is 24.5. The van der Waals surface area contributed by atoms with Crippen LogP contribution in [-0.2, 0) is 0 Å². The van der Waals surface area contributed by atoms with Crippen LogP contribution < -0.4 is 35.2 Å². The average Bonchev–Trinajstić information content (AvgIpc) is 3.00. The van der Waals surface area contributed by atoms with E-state index >= 15 is 0 Å². The molecule has 1 N–H and O–H groups in total. The van der Waals surface area contributed by atoms with Crippen molar-refractivity contribution in [3.63, 3.8) is 0 Å². The Hall–Kier alpha value is -2.65. The largest absolute Gasteiger partial charge is 0.183 e. The summed E-state index contributed by atoms with van der Waals surface area (Å²) in [5.41, 5.74) is 0. The van der Waals surface area contributed by atoms with Gasteiger partial charge >= 0.3 is 0 Å². The predicted molar refractivity (Wildman–Crippen MR) is 176 cm³/mol. The van der Waals surface area contributed by atoms with Gasteiger partial charge in [-0.2, -0.15) is 14.0 Å².